The second kappa shape index (κ2) is 6.89. The van der Waals surface area contributed by atoms with Gasteiger partial charge in [0.15, 0.2) is 0 Å². The summed E-state index contributed by atoms with van der Waals surface area (Å²) in [7, 11) is 0. The molecule has 2 N–H and O–H groups in total. The third kappa shape index (κ3) is 4.49. The molecule has 1 aliphatic rings. The van der Waals surface area contributed by atoms with Crippen molar-refractivity contribution in [2.75, 3.05) is 32.7 Å². The minimum atomic E-state index is -0.0193. The molecule has 1 aromatic carbocycles. The van der Waals surface area contributed by atoms with Crippen LogP contribution in [0.3, 0.4) is 0 Å². The standard InChI is InChI=1S/C14H20ClN3O/c1-11(12-3-2-4-13(15)9-12)17-14(19)10-18-7-5-16-6-8-18/h2-4,9,11,16H,5-8,10H2,1H3,(H,17,19)/t11-/m0/s1. The van der Waals surface area contributed by atoms with Crippen LogP contribution in [0.25, 0.3) is 0 Å². The summed E-state index contributed by atoms with van der Waals surface area (Å²) in [5.41, 5.74) is 1.03. The van der Waals surface area contributed by atoms with E-state index < -0.39 is 0 Å². The van der Waals surface area contributed by atoms with Crippen LogP contribution in [0.2, 0.25) is 5.02 Å². The number of piperazine rings is 1. The van der Waals surface area contributed by atoms with E-state index in [0.717, 1.165) is 31.7 Å². The van der Waals surface area contributed by atoms with Crippen molar-refractivity contribution in [2.45, 2.75) is 13.0 Å². The Morgan fingerprint density at radius 2 is 2.21 bits per heavy atom. The lowest BCUT2D eigenvalue weighted by molar-refractivity contribution is -0.123. The number of benzene rings is 1. The fraction of sp³-hybridized carbons (Fsp3) is 0.500. The van der Waals surface area contributed by atoms with Gasteiger partial charge in [-0.15, -0.1) is 0 Å². The lowest BCUT2D eigenvalue weighted by atomic mass is 10.1. The van der Waals surface area contributed by atoms with Crippen LogP contribution in [0.5, 0.6) is 0 Å². The maximum absolute atomic E-state index is 12.0. The van der Waals surface area contributed by atoms with E-state index in [2.05, 4.69) is 15.5 Å². The van der Waals surface area contributed by atoms with Crippen LogP contribution in [0.1, 0.15) is 18.5 Å². The largest absolute Gasteiger partial charge is 0.348 e. The quantitative estimate of drug-likeness (QED) is 0.877. The van der Waals surface area contributed by atoms with Gasteiger partial charge in [-0.1, -0.05) is 23.7 Å². The van der Waals surface area contributed by atoms with Crippen LogP contribution in [0.4, 0.5) is 0 Å². The van der Waals surface area contributed by atoms with Crippen molar-refractivity contribution in [1.82, 2.24) is 15.5 Å². The summed E-state index contributed by atoms with van der Waals surface area (Å²) < 4.78 is 0. The molecule has 0 aliphatic carbocycles. The smallest absolute Gasteiger partial charge is 0.234 e. The number of nitrogens with one attached hydrogen (secondary N) is 2. The zero-order valence-corrected chi connectivity index (χ0v) is 11.9. The predicted octanol–water partition coefficient (Wildman–Crippen LogP) is 1.42. The molecule has 0 bridgehead atoms. The number of carbonyl (C=O) groups excluding carboxylic acids is 1. The third-order valence-electron chi connectivity index (χ3n) is 3.30. The molecule has 2 rings (SSSR count). The highest BCUT2D eigenvalue weighted by molar-refractivity contribution is 6.30. The highest BCUT2D eigenvalue weighted by atomic mass is 35.5. The first-order valence-electron chi connectivity index (χ1n) is 6.63. The van der Waals surface area contributed by atoms with Gasteiger partial charge >= 0.3 is 0 Å². The summed E-state index contributed by atoms with van der Waals surface area (Å²) in [4.78, 5) is 14.1. The summed E-state index contributed by atoms with van der Waals surface area (Å²) in [5.74, 6) is 0.0642. The molecule has 19 heavy (non-hydrogen) atoms. The Morgan fingerprint density at radius 3 is 2.89 bits per heavy atom. The van der Waals surface area contributed by atoms with E-state index in [1.54, 1.807) is 0 Å². The molecule has 1 saturated heterocycles. The van der Waals surface area contributed by atoms with E-state index in [-0.39, 0.29) is 11.9 Å². The summed E-state index contributed by atoms with van der Waals surface area (Å²) in [6.07, 6.45) is 0. The van der Waals surface area contributed by atoms with Gasteiger partial charge in [0.25, 0.3) is 0 Å². The number of amides is 1. The molecule has 1 atom stereocenters. The second-order valence-corrected chi connectivity index (χ2v) is 5.31. The fourth-order valence-electron chi connectivity index (χ4n) is 2.22. The molecule has 4 nitrogen and oxygen atoms in total. The minimum Gasteiger partial charge on any atom is -0.348 e. The lowest BCUT2D eigenvalue weighted by Crippen LogP contribution is -2.47. The highest BCUT2D eigenvalue weighted by Crippen LogP contribution is 2.17. The number of carbonyl (C=O) groups is 1. The van der Waals surface area contributed by atoms with Gasteiger partial charge in [-0.25, -0.2) is 0 Å². The number of hydrogen-bond donors (Lipinski definition) is 2. The molecule has 1 amide bonds. The summed E-state index contributed by atoms with van der Waals surface area (Å²) in [5, 5.41) is 6.98. The van der Waals surface area contributed by atoms with Gasteiger partial charge in [0, 0.05) is 31.2 Å². The van der Waals surface area contributed by atoms with Gasteiger partial charge in [-0.2, -0.15) is 0 Å². The van der Waals surface area contributed by atoms with E-state index in [1.807, 2.05) is 31.2 Å². The molecule has 0 aromatic heterocycles. The number of rotatable bonds is 4. The monoisotopic (exact) mass is 281 g/mol. The van der Waals surface area contributed by atoms with E-state index in [9.17, 15) is 4.79 Å². The van der Waals surface area contributed by atoms with Crippen LogP contribution >= 0.6 is 11.6 Å². The molecule has 5 heteroatoms. The Hall–Kier alpha value is -1.10. The lowest BCUT2D eigenvalue weighted by Gasteiger charge is -2.27. The van der Waals surface area contributed by atoms with E-state index in [4.69, 9.17) is 11.6 Å². The Morgan fingerprint density at radius 1 is 1.47 bits per heavy atom. The van der Waals surface area contributed by atoms with Crippen LogP contribution in [0, 0.1) is 0 Å². The van der Waals surface area contributed by atoms with E-state index in [1.165, 1.54) is 0 Å². The summed E-state index contributed by atoms with van der Waals surface area (Å²) in [6.45, 7) is 6.21. The summed E-state index contributed by atoms with van der Waals surface area (Å²) in [6, 6.07) is 7.57. The van der Waals surface area contributed by atoms with Crippen LogP contribution in [0.15, 0.2) is 24.3 Å². The summed E-state index contributed by atoms with van der Waals surface area (Å²) >= 11 is 5.95. The van der Waals surface area contributed by atoms with Gasteiger partial charge in [-0.3, -0.25) is 9.69 Å². The van der Waals surface area contributed by atoms with Crippen molar-refractivity contribution in [3.05, 3.63) is 34.9 Å². The van der Waals surface area contributed by atoms with Crippen LogP contribution in [-0.2, 0) is 4.79 Å². The number of hydrogen-bond acceptors (Lipinski definition) is 3. The van der Waals surface area contributed by atoms with Crippen molar-refractivity contribution in [2.24, 2.45) is 0 Å². The van der Waals surface area contributed by atoms with Crippen molar-refractivity contribution >= 4 is 17.5 Å². The van der Waals surface area contributed by atoms with Crippen molar-refractivity contribution in [1.29, 1.82) is 0 Å². The fourth-order valence-corrected chi connectivity index (χ4v) is 2.42. The zero-order valence-electron chi connectivity index (χ0n) is 11.2. The highest BCUT2D eigenvalue weighted by Gasteiger charge is 2.15. The van der Waals surface area contributed by atoms with Crippen molar-refractivity contribution in [3.63, 3.8) is 0 Å². The average Bonchev–Trinajstić information content (AvgIpc) is 2.39. The van der Waals surface area contributed by atoms with Gasteiger partial charge in [0.1, 0.15) is 0 Å². The Bertz CT molecular complexity index is 432. The normalized spacial score (nSPS) is 18.0. The van der Waals surface area contributed by atoms with Crippen LogP contribution < -0.4 is 10.6 Å². The van der Waals surface area contributed by atoms with Gasteiger partial charge < -0.3 is 10.6 Å². The predicted molar refractivity (Wildman–Crippen MR) is 77.3 cm³/mol. The number of halogens is 1. The molecule has 0 spiro atoms. The molecular formula is C14H20ClN3O. The first kappa shape index (κ1) is 14.3. The molecular weight excluding hydrogens is 262 g/mol. The maximum atomic E-state index is 12.0. The van der Waals surface area contributed by atoms with Crippen molar-refractivity contribution in [3.8, 4) is 0 Å². The molecule has 0 saturated carbocycles. The van der Waals surface area contributed by atoms with Gasteiger partial charge in [-0.05, 0) is 24.6 Å². The minimum absolute atomic E-state index is 0.0193. The molecule has 0 unspecified atom stereocenters. The average molecular weight is 282 g/mol. The van der Waals surface area contributed by atoms with Crippen LogP contribution in [-0.4, -0.2) is 43.5 Å². The molecule has 1 aliphatic heterocycles. The van der Waals surface area contributed by atoms with Crippen molar-refractivity contribution < 1.29 is 4.79 Å². The molecule has 1 fully saturated rings. The Balaban J connectivity index is 1.84. The van der Waals surface area contributed by atoms with E-state index in [0.29, 0.717) is 11.6 Å². The number of nitrogens with zero attached hydrogens (tertiary/aromatic N) is 1. The zero-order chi connectivity index (χ0) is 13.7. The SMILES string of the molecule is C[C@H](NC(=O)CN1CCNCC1)c1cccc(Cl)c1. The first-order valence-corrected chi connectivity index (χ1v) is 7.01. The topological polar surface area (TPSA) is 44.4 Å². The first-order chi connectivity index (χ1) is 9.15. The molecule has 0 radical (unpaired) electrons. The Kier molecular flexibility index (Phi) is 5.19. The molecule has 104 valence electrons. The van der Waals surface area contributed by atoms with Gasteiger partial charge in [0.2, 0.25) is 5.91 Å². The third-order valence-corrected chi connectivity index (χ3v) is 3.54. The second-order valence-electron chi connectivity index (χ2n) is 4.87. The van der Waals surface area contributed by atoms with E-state index >= 15 is 0 Å². The van der Waals surface area contributed by atoms with Gasteiger partial charge in [0.05, 0.1) is 12.6 Å². The Labute approximate surface area is 119 Å². The maximum Gasteiger partial charge on any atom is 0.234 e. The molecule has 1 heterocycles. The molecule has 1 aromatic rings.